The Morgan fingerprint density at radius 2 is 1.83 bits per heavy atom. The fourth-order valence-electron chi connectivity index (χ4n) is 3.42. The summed E-state index contributed by atoms with van der Waals surface area (Å²) < 4.78 is 39.0. The smallest absolute Gasteiger partial charge is 0.396 e. The third-order valence-corrected chi connectivity index (χ3v) is 5.25. The number of aliphatic hydroxyl groups is 2. The van der Waals surface area contributed by atoms with Crippen molar-refractivity contribution in [3.05, 3.63) is 35.4 Å². The first-order valence-corrected chi connectivity index (χ1v) is 8.46. The van der Waals surface area contributed by atoms with Crippen LogP contribution in [-0.4, -0.2) is 47.5 Å². The van der Waals surface area contributed by atoms with Crippen LogP contribution >= 0.6 is 0 Å². The van der Waals surface area contributed by atoms with Gasteiger partial charge in [-0.3, -0.25) is 0 Å². The molecule has 0 radical (unpaired) electrons. The number of nitrogens with zero attached hydrogens (tertiary/aromatic N) is 1. The van der Waals surface area contributed by atoms with Crippen molar-refractivity contribution in [2.24, 2.45) is 5.41 Å². The van der Waals surface area contributed by atoms with E-state index in [-0.39, 0.29) is 24.0 Å². The number of hydrogen-bond acceptors (Lipinski definition) is 3. The first kappa shape index (κ1) is 19.2. The van der Waals surface area contributed by atoms with Gasteiger partial charge in [0.2, 0.25) is 0 Å². The van der Waals surface area contributed by atoms with Crippen LogP contribution in [0.1, 0.15) is 37.3 Å². The first-order valence-electron chi connectivity index (χ1n) is 8.46. The highest BCUT2D eigenvalue weighted by molar-refractivity contribution is 5.30. The Morgan fingerprint density at radius 1 is 1.21 bits per heavy atom. The lowest BCUT2D eigenvalue weighted by Gasteiger charge is -2.40. The number of β-amino-alcohol motifs (C(OH)–C–C–N with tert-alkyl or cyclic N) is 1. The number of benzene rings is 1. The minimum Gasteiger partial charge on any atom is -0.396 e. The van der Waals surface area contributed by atoms with E-state index >= 15 is 0 Å². The summed E-state index contributed by atoms with van der Waals surface area (Å²) >= 11 is 0. The second-order valence-electron chi connectivity index (χ2n) is 6.83. The van der Waals surface area contributed by atoms with Crippen LogP contribution in [0.3, 0.4) is 0 Å². The third-order valence-electron chi connectivity index (χ3n) is 5.25. The zero-order chi connectivity index (χ0) is 17.8. The zero-order valence-corrected chi connectivity index (χ0v) is 14.0. The molecule has 1 fully saturated rings. The lowest BCUT2D eigenvalue weighted by molar-refractivity contribution is -0.138. The van der Waals surface area contributed by atoms with Gasteiger partial charge >= 0.3 is 6.18 Å². The van der Waals surface area contributed by atoms with E-state index in [0.29, 0.717) is 6.54 Å². The van der Waals surface area contributed by atoms with Gasteiger partial charge in [0.15, 0.2) is 0 Å². The van der Waals surface area contributed by atoms with Crippen molar-refractivity contribution in [2.45, 2.75) is 44.9 Å². The van der Waals surface area contributed by atoms with Crippen molar-refractivity contribution in [1.29, 1.82) is 0 Å². The Kier molecular flexibility index (Phi) is 6.28. The fourth-order valence-corrected chi connectivity index (χ4v) is 3.42. The molecule has 2 N–H and O–H groups in total. The van der Waals surface area contributed by atoms with Crippen LogP contribution in [0.2, 0.25) is 0 Å². The predicted octanol–water partition coefficient (Wildman–Crippen LogP) is 3.09. The van der Waals surface area contributed by atoms with Crippen molar-refractivity contribution in [3.8, 4) is 0 Å². The molecule has 1 unspecified atom stereocenters. The van der Waals surface area contributed by atoms with E-state index < -0.39 is 17.8 Å². The van der Waals surface area contributed by atoms with Crippen LogP contribution < -0.4 is 0 Å². The lowest BCUT2D eigenvalue weighted by Crippen LogP contribution is -2.44. The van der Waals surface area contributed by atoms with Crippen LogP contribution in [0.15, 0.2) is 24.3 Å². The third kappa shape index (κ3) is 4.71. The van der Waals surface area contributed by atoms with E-state index in [9.17, 15) is 23.4 Å². The molecule has 1 aromatic carbocycles. The molecular formula is C18H26F3NO2. The molecule has 0 aromatic heterocycles. The molecule has 0 saturated carbocycles. The second-order valence-corrected chi connectivity index (χ2v) is 6.83. The highest BCUT2D eigenvalue weighted by Crippen LogP contribution is 2.35. The number of likely N-dealkylation sites (tertiary alicyclic amines) is 1. The van der Waals surface area contributed by atoms with Gasteiger partial charge in [0.05, 0.1) is 11.7 Å². The monoisotopic (exact) mass is 345 g/mol. The summed E-state index contributed by atoms with van der Waals surface area (Å²) in [6.45, 7) is 4.10. The van der Waals surface area contributed by atoms with Crippen LogP contribution in [0, 0.1) is 5.41 Å². The number of rotatable bonds is 6. The van der Waals surface area contributed by atoms with E-state index in [4.69, 9.17) is 0 Å². The van der Waals surface area contributed by atoms with E-state index in [1.54, 1.807) is 6.07 Å². The highest BCUT2D eigenvalue weighted by Gasteiger charge is 2.34. The summed E-state index contributed by atoms with van der Waals surface area (Å²) in [5.74, 6) is 0. The number of aliphatic hydroxyl groups excluding tert-OH is 2. The summed E-state index contributed by atoms with van der Waals surface area (Å²) in [6.07, 6.45) is -2.62. The summed E-state index contributed by atoms with van der Waals surface area (Å²) in [5, 5.41) is 19.8. The highest BCUT2D eigenvalue weighted by atomic mass is 19.4. The number of halogens is 3. The van der Waals surface area contributed by atoms with Gasteiger partial charge in [0.25, 0.3) is 0 Å². The molecule has 6 heteroatoms. The molecule has 0 amide bonds. The molecular weight excluding hydrogens is 319 g/mol. The predicted molar refractivity (Wildman–Crippen MR) is 86.6 cm³/mol. The molecule has 1 aromatic rings. The summed E-state index contributed by atoms with van der Waals surface area (Å²) in [4.78, 5) is 2.07. The number of piperidine rings is 1. The maximum absolute atomic E-state index is 13.0. The van der Waals surface area contributed by atoms with Gasteiger partial charge in [-0.05, 0) is 49.4 Å². The standard InChI is InChI=1S/C18H26F3NO2/c1-2-17(13-23)7-9-22(10-8-17)12-15(24)11-14-5-3-4-6-16(14)18(19,20)21/h3-6,15,23-24H,2,7-13H2,1H3. The Hall–Kier alpha value is -1.11. The van der Waals surface area contributed by atoms with E-state index in [1.807, 2.05) is 0 Å². The fraction of sp³-hybridized carbons (Fsp3) is 0.667. The van der Waals surface area contributed by atoms with Crippen molar-refractivity contribution in [1.82, 2.24) is 4.90 Å². The Morgan fingerprint density at radius 3 is 2.38 bits per heavy atom. The molecule has 1 atom stereocenters. The van der Waals surface area contributed by atoms with Crippen molar-refractivity contribution < 1.29 is 23.4 Å². The van der Waals surface area contributed by atoms with E-state index in [2.05, 4.69) is 11.8 Å². The molecule has 1 heterocycles. The maximum Gasteiger partial charge on any atom is 0.416 e. The molecule has 24 heavy (non-hydrogen) atoms. The van der Waals surface area contributed by atoms with Gasteiger partial charge in [-0.25, -0.2) is 0 Å². The van der Waals surface area contributed by atoms with Crippen LogP contribution in [0.25, 0.3) is 0 Å². The van der Waals surface area contributed by atoms with Crippen LogP contribution in [0.4, 0.5) is 13.2 Å². The summed E-state index contributed by atoms with van der Waals surface area (Å²) in [5.41, 5.74) is -0.578. The van der Waals surface area contributed by atoms with Gasteiger partial charge in [-0.1, -0.05) is 25.1 Å². The zero-order valence-electron chi connectivity index (χ0n) is 14.0. The average Bonchev–Trinajstić information content (AvgIpc) is 2.55. The molecule has 1 saturated heterocycles. The van der Waals surface area contributed by atoms with Gasteiger partial charge in [0.1, 0.15) is 0 Å². The normalized spacial score (nSPS) is 20.1. The van der Waals surface area contributed by atoms with Gasteiger partial charge in [-0.15, -0.1) is 0 Å². The Balaban J connectivity index is 1.92. The topological polar surface area (TPSA) is 43.7 Å². The van der Waals surface area contributed by atoms with Crippen molar-refractivity contribution in [2.75, 3.05) is 26.2 Å². The summed E-state index contributed by atoms with van der Waals surface area (Å²) in [6, 6.07) is 5.41. The SMILES string of the molecule is CCC1(CO)CCN(CC(O)Cc2ccccc2C(F)(F)F)CC1. The maximum atomic E-state index is 13.0. The molecule has 1 aliphatic rings. The molecule has 1 aliphatic heterocycles. The van der Waals surface area contributed by atoms with Gasteiger partial charge in [0, 0.05) is 19.6 Å². The lowest BCUT2D eigenvalue weighted by atomic mass is 9.77. The number of alkyl halides is 3. The molecule has 0 bridgehead atoms. The molecule has 2 rings (SSSR count). The van der Waals surface area contributed by atoms with E-state index in [1.165, 1.54) is 12.1 Å². The quantitative estimate of drug-likeness (QED) is 0.833. The van der Waals surface area contributed by atoms with Crippen LogP contribution in [-0.2, 0) is 12.6 Å². The molecule has 3 nitrogen and oxygen atoms in total. The number of hydrogen-bond donors (Lipinski definition) is 2. The largest absolute Gasteiger partial charge is 0.416 e. The Labute approximate surface area is 141 Å². The molecule has 136 valence electrons. The first-order chi connectivity index (χ1) is 11.3. The average molecular weight is 345 g/mol. The minimum atomic E-state index is -4.40. The second kappa shape index (κ2) is 7.85. The summed E-state index contributed by atoms with van der Waals surface area (Å²) in [7, 11) is 0. The van der Waals surface area contributed by atoms with E-state index in [0.717, 1.165) is 38.4 Å². The van der Waals surface area contributed by atoms with Crippen LogP contribution in [0.5, 0.6) is 0 Å². The minimum absolute atomic E-state index is 0.00883. The van der Waals surface area contributed by atoms with Gasteiger partial charge in [-0.2, -0.15) is 13.2 Å². The van der Waals surface area contributed by atoms with Crippen molar-refractivity contribution in [3.63, 3.8) is 0 Å². The Bertz CT molecular complexity index is 519. The van der Waals surface area contributed by atoms with Gasteiger partial charge < -0.3 is 15.1 Å². The van der Waals surface area contributed by atoms with Crippen molar-refractivity contribution >= 4 is 0 Å². The molecule has 0 spiro atoms. The molecule has 0 aliphatic carbocycles.